The van der Waals surface area contributed by atoms with Crippen molar-refractivity contribution in [1.29, 1.82) is 0 Å². The van der Waals surface area contributed by atoms with Crippen LogP contribution in [0.3, 0.4) is 0 Å². The van der Waals surface area contributed by atoms with Crippen molar-refractivity contribution in [3.05, 3.63) is 0 Å². The molecule has 0 aliphatic rings. The summed E-state index contributed by atoms with van der Waals surface area (Å²) in [5.41, 5.74) is 0. The van der Waals surface area contributed by atoms with Crippen LogP contribution in [0.25, 0.3) is 0 Å². The van der Waals surface area contributed by atoms with Crippen molar-refractivity contribution in [2.75, 3.05) is 13.2 Å². The van der Waals surface area contributed by atoms with E-state index in [0.717, 1.165) is 6.42 Å². The van der Waals surface area contributed by atoms with Crippen LogP contribution in [0.2, 0.25) is 0 Å². The largest absolute Gasteiger partial charge is 0.463 e. The summed E-state index contributed by atoms with van der Waals surface area (Å²) in [5, 5.41) is 8.98. The van der Waals surface area contributed by atoms with Gasteiger partial charge in [0.05, 0.1) is 6.61 Å². The number of hydrogen-bond acceptors (Lipinski definition) is 5. The van der Waals surface area contributed by atoms with E-state index in [-0.39, 0.29) is 19.2 Å². The average Bonchev–Trinajstić information content (AvgIpc) is 2.02. The molecule has 0 saturated heterocycles. The minimum absolute atomic E-state index is 0.0284. The van der Waals surface area contributed by atoms with Gasteiger partial charge in [-0.2, -0.15) is 0 Å². The highest BCUT2D eigenvalue weighted by molar-refractivity contribution is 5.69. The summed E-state index contributed by atoms with van der Waals surface area (Å²) in [6.07, 6.45) is 0.272. The molecule has 0 radical (unpaired) electrons. The number of aliphatic hydroxyl groups is 1. The molecule has 0 aromatic carbocycles. The second kappa shape index (κ2) is 7.02. The smallest absolute Gasteiger partial charge is 0.305 e. The standard InChI is InChI=1S/C7H15NO4/c1-2-3-7(10)11-4-6(9)5-12-8/h6,9H,2-5,8H2,1H3. The Morgan fingerprint density at radius 3 is 2.75 bits per heavy atom. The monoisotopic (exact) mass is 177 g/mol. The number of carbonyl (C=O) groups is 1. The third-order valence-electron chi connectivity index (χ3n) is 1.18. The molecule has 0 spiro atoms. The van der Waals surface area contributed by atoms with Crippen molar-refractivity contribution in [2.45, 2.75) is 25.9 Å². The van der Waals surface area contributed by atoms with Crippen LogP contribution in [-0.4, -0.2) is 30.4 Å². The van der Waals surface area contributed by atoms with Crippen LogP contribution in [0.5, 0.6) is 0 Å². The summed E-state index contributed by atoms with van der Waals surface area (Å²) in [4.78, 5) is 14.9. The van der Waals surface area contributed by atoms with Crippen molar-refractivity contribution in [1.82, 2.24) is 0 Å². The van der Waals surface area contributed by atoms with E-state index in [9.17, 15) is 4.79 Å². The van der Waals surface area contributed by atoms with E-state index in [1.54, 1.807) is 0 Å². The average molecular weight is 177 g/mol. The maximum Gasteiger partial charge on any atom is 0.305 e. The molecule has 0 saturated carbocycles. The predicted octanol–water partition coefficient (Wildman–Crippen LogP) is -0.419. The van der Waals surface area contributed by atoms with Crippen LogP contribution >= 0.6 is 0 Å². The number of carbonyl (C=O) groups excluding carboxylic acids is 1. The first-order chi connectivity index (χ1) is 5.70. The zero-order valence-electron chi connectivity index (χ0n) is 7.16. The molecular formula is C7H15NO4. The Bertz CT molecular complexity index is 129. The second-order valence-electron chi connectivity index (χ2n) is 2.42. The zero-order chi connectivity index (χ0) is 9.40. The fourth-order valence-corrected chi connectivity index (χ4v) is 0.625. The lowest BCUT2D eigenvalue weighted by Crippen LogP contribution is -2.25. The summed E-state index contributed by atoms with van der Waals surface area (Å²) in [6, 6.07) is 0. The van der Waals surface area contributed by atoms with Crippen molar-refractivity contribution in [3.8, 4) is 0 Å². The maximum absolute atomic E-state index is 10.7. The van der Waals surface area contributed by atoms with Crippen molar-refractivity contribution in [2.24, 2.45) is 5.90 Å². The quantitative estimate of drug-likeness (QED) is 0.425. The molecule has 0 bridgehead atoms. The SMILES string of the molecule is CCCC(=O)OCC(O)CON. The van der Waals surface area contributed by atoms with Gasteiger partial charge in [-0.3, -0.25) is 4.79 Å². The van der Waals surface area contributed by atoms with E-state index >= 15 is 0 Å². The van der Waals surface area contributed by atoms with E-state index in [4.69, 9.17) is 11.0 Å². The van der Waals surface area contributed by atoms with Gasteiger partial charge in [-0.25, -0.2) is 5.90 Å². The first-order valence-electron chi connectivity index (χ1n) is 3.86. The summed E-state index contributed by atoms with van der Waals surface area (Å²) in [5.74, 6) is 4.38. The Kier molecular flexibility index (Phi) is 6.64. The highest BCUT2D eigenvalue weighted by Gasteiger charge is 2.07. The summed E-state index contributed by atoms with van der Waals surface area (Å²) in [7, 11) is 0. The van der Waals surface area contributed by atoms with Gasteiger partial charge in [0.2, 0.25) is 0 Å². The zero-order valence-corrected chi connectivity index (χ0v) is 7.16. The molecule has 1 atom stereocenters. The third-order valence-corrected chi connectivity index (χ3v) is 1.18. The Morgan fingerprint density at radius 2 is 2.25 bits per heavy atom. The molecule has 0 aliphatic carbocycles. The molecule has 5 heteroatoms. The molecule has 3 N–H and O–H groups in total. The maximum atomic E-state index is 10.7. The lowest BCUT2D eigenvalue weighted by Gasteiger charge is -2.08. The number of nitrogens with two attached hydrogens (primary N) is 1. The van der Waals surface area contributed by atoms with Crippen LogP contribution in [0.1, 0.15) is 19.8 Å². The van der Waals surface area contributed by atoms with Gasteiger partial charge < -0.3 is 14.7 Å². The fourth-order valence-electron chi connectivity index (χ4n) is 0.625. The minimum Gasteiger partial charge on any atom is -0.463 e. The second-order valence-corrected chi connectivity index (χ2v) is 2.42. The van der Waals surface area contributed by atoms with Crippen LogP contribution < -0.4 is 5.90 Å². The van der Waals surface area contributed by atoms with Gasteiger partial charge in [-0.15, -0.1) is 0 Å². The topological polar surface area (TPSA) is 81.8 Å². The minimum atomic E-state index is -0.837. The Hall–Kier alpha value is -0.650. The van der Waals surface area contributed by atoms with Gasteiger partial charge in [0, 0.05) is 6.42 Å². The number of rotatable bonds is 6. The predicted molar refractivity (Wildman–Crippen MR) is 42.0 cm³/mol. The van der Waals surface area contributed by atoms with Crippen LogP contribution in [0.15, 0.2) is 0 Å². The van der Waals surface area contributed by atoms with E-state index in [1.165, 1.54) is 0 Å². The van der Waals surface area contributed by atoms with Crippen molar-refractivity contribution in [3.63, 3.8) is 0 Å². The van der Waals surface area contributed by atoms with Gasteiger partial charge in [-0.1, -0.05) is 6.92 Å². The summed E-state index contributed by atoms with van der Waals surface area (Å²) < 4.78 is 4.67. The molecule has 0 aromatic heterocycles. The molecule has 0 aliphatic heterocycles. The first kappa shape index (κ1) is 11.4. The lowest BCUT2D eigenvalue weighted by atomic mass is 10.3. The van der Waals surface area contributed by atoms with E-state index in [2.05, 4.69) is 9.57 Å². The molecular weight excluding hydrogens is 162 g/mol. The molecule has 5 nitrogen and oxygen atoms in total. The van der Waals surface area contributed by atoms with E-state index in [1.807, 2.05) is 6.92 Å². The van der Waals surface area contributed by atoms with Crippen LogP contribution in [0, 0.1) is 0 Å². The molecule has 12 heavy (non-hydrogen) atoms. The van der Waals surface area contributed by atoms with E-state index < -0.39 is 6.10 Å². The van der Waals surface area contributed by atoms with Crippen LogP contribution in [-0.2, 0) is 14.4 Å². The number of hydrogen-bond donors (Lipinski definition) is 2. The Labute approximate surface area is 71.4 Å². The molecule has 0 amide bonds. The molecule has 0 fully saturated rings. The Balaban J connectivity index is 3.33. The summed E-state index contributed by atoms with van der Waals surface area (Å²) >= 11 is 0. The highest BCUT2D eigenvalue weighted by atomic mass is 16.6. The van der Waals surface area contributed by atoms with Gasteiger partial charge in [0.15, 0.2) is 0 Å². The molecule has 0 heterocycles. The Morgan fingerprint density at radius 1 is 1.58 bits per heavy atom. The normalized spacial score (nSPS) is 12.6. The third kappa shape index (κ3) is 6.09. The molecule has 0 aromatic rings. The number of ether oxygens (including phenoxy) is 1. The molecule has 72 valence electrons. The van der Waals surface area contributed by atoms with Crippen LogP contribution in [0.4, 0.5) is 0 Å². The summed E-state index contributed by atoms with van der Waals surface area (Å²) in [6.45, 7) is 1.79. The number of aliphatic hydroxyl groups excluding tert-OH is 1. The van der Waals surface area contributed by atoms with Gasteiger partial charge in [0.25, 0.3) is 0 Å². The van der Waals surface area contributed by atoms with Crippen molar-refractivity contribution < 1.29 is 19.5 Å². The fraction of sp³-hybridized carbons (Fsp3) is 0.857. The highest BCUT2D eigenvalue weighted by Crippen LogP contribution is 1.93. The van der Waals surface area contributed by atoms with Gasteiger partial charge >= 0.3 is 5.97 Å². The molecule has 1 unspecified atom stereocenters. The van der Waals surface area contributed by atoms with Crippen molar-refractivity contribution >= 4 is 5.97 Å². The number of esters is 1. The van der Waals surface area contributed by atoms with E-state index in [0.29, 0.717) is 6.42 Å². The lowest BCUT2D eigenvalue weighted by molar-refractivity contribution is -0.147. The first-order valence-corrected chi connectivity index (χ1v) is 3.86. The molecule has 0 rings (SSSR count). The van der Waals surface area contributed by atoms with Gasteiger partial charge in [0.1, 0.15) is 12.7 Å². The van der Waals surface area contributed by atoms with Gasteiger partial charge in [-0.05, 0) is 6.42 Å².